The van der Waals surface area contributed by atoms with Gasteiger partial charge in [-0.05, 0) is 67.1 Å². The molecule has 1 aliphatic rings. The van der Waals surface area contributed by atoms with E-state index in [1.807, 2.05) is 24.3 Å². The normalized spacial score (nSPS) is 13.6. The van der Waals surface area contributed by atoms with Gasteiger partial charge in [0.15, 0.2) is 0 Å². The van der Waals surface area contributed by atoms with E-state index in [0.717, 1.165) is 31.6 Å². The van der Waals surface area contributed by atoms with Crippen LogP contribution in [0.5, 0.6) is 5.75 Å². The quantitative estimate of drug-likeness (QED) is 0.300. The number of hydrogen-bond donors (Lipinski definition) is 2. The second kappa shape index (κ2) is 13.1. The summed E-state index contributed by atoms with van der Waals surface area (Å²) in [6.45, 7) is 5.97. The number of fused-ring (bicyclic) bond motifs is 1. The molecule has 0 bridgehead atoms. The fourth-order valence-electron chi connectivity index (χ4n) is 5.33. The van der Waals surface area contributed by atoms with Gasteiger partial charge in [-0.15, -0.1) is 0 Å². The largest absolute Gasteiger partial charge is 0.497 e. The summed E-state index contributed by atoms with van der Waals surface area (Å²) in [5.74, 6) is -0.265. The van der Waals surface area contributed by atoms with Crippen LogP contribution in [0.1, 0.15) is 28.0 Å². The molecule has 1 aliphatic heterocycles. The topological polar surface area (TPSA) is 95.9 Å². The van der Waals surface area contributed by atoms with Crippen molar-refractivity contribution in [2.24, 2.45) is 0 Å². The van der Waals surface area contributed by atoms with Crippen LogP contribution in [0.2, 0.25) is 5.02 Å². The minimum absolute atomic E-state index is 0.0296. The molecular formula is C32H34ClN5O4. The lowest BCUT2D eigenvalue weighted by molar-refractivity contribution is -0.128. The van der Waals surface area contributed by atoms with E-state index >= 15 is 0 Å². The van der Waals surface area contributed by atoms with Crippen molar-refractivity contribution >= 4 is 45.9 Å². The SMILES string of the molecule is COc1ccc2c(c1)c(CC(=O)NNC(=O)CCN1CCN(c3ccccc3)CC1)c(C)n2C(=O)c1ccc(Cl)cc1. The Labute approximate surface area is 250 Å². The molecule has 5 rings (SSSR count). The number of ether oxygens (including phenoxy) is 1. The van der Waals surface area contributed by atoms with Crippen LogP contribution in [0.4, 0.5) is 5.69 Å². The number of benzene rings is 3. The third-order valence-electron chi connectivity index (χ3n) is 7.66. The highest BCUT2D eigenvalue weighted by molar-refractivity contribution is 6.30. The van der Waals surface area contributed by atoms with E-state index in [4.69, 9.17) is 16.3 Å². The fourth-order valence-corrected chi connectivity index (χ4v) is 5.46. The number of methoxy groups -OCH3 is 1. The van der Waals surface area contributed by atoms with Crippen molar-refractivity contribution in [1.82, 2.24) is 20.3 Å². The van der Waals surface area contributed by atoms with E-state index in [9.17, 15) is 14.4 Å². The highest BCUT2D eigenvalue weighted by Crippen LogP contribution is 2.31. The lowest BCUT2D eigenvalue weighted by Crippen LogP contribution is -2.48. The van der Waals surface area contributed by atoms with Crippen molar-refractivity contribution < 1.29 is 19.1 Å². The summed E-state index contributed by atoms with van der Waals surface area (Å²) >= 11 is 6.01. The Kier molecular flexibility index (Phi) is 9.09. The van der Waals surface area contributed by atoms with Crippen LogP contribution in [0, 0.1) is 6.92 Å². The van der Waals surface area contributed by atoms with Gasteiger partial charge in [0.1, 0.15) is 5.75 Å². The number of hydrazine groups is 1. The monoisotopic (exact) mass is 587 g/mol. The molecule has 218 valence electrons. The summed E-state index contributed by atoms with van der Waals surface area (Å²) in [6.07, 6.45) is 0.245. The molecule has 0 atom stereocenters. The number of nitrogens with one attached hydrogen (secondary N) is 2. The summed E-state index contributed by atoms with van der Waals surface area (Å²) in [6, 6.07) is 22.4. The first-order chi connectivity index (χ1) is 20.3. The molecule has 42 heavy (non-hydrogen) atoms. The highest BCUT2D eigenvalue weighted by atomic mass is 35.5. The molecular weight excluding hydrogens is 554 g/mol. The number of nitrogens with zero attached hydrogens (tertiary/aromatic N) is 3. The summed E-state index contributed by atoms with van der Waals surface area (Å²) < 4.78 is 6.99. The molecule has 0 aliphatic carbocycles. The number of aromatic nitrogens is 1. The maximum atomic E-state index is 13.5. The second-order valence-corrected chi connectivity index (χ2v) is 10.7. The van der Waals surface area contributed by atoms with E-state index in [2.05, 4.69) is 32.8 Å². The number of piperazine rings is 1. The minimum Gasteiger partial charge on any atom is -0.497 e. The average molecular weight is 588 g/mol. The first-order valence-corrected chi connectivity index (χ1v) is 14.3. The zero-order valence-electron chi connectivity index (χ0n) is 23.7. The number of amides is 2. The summed E-state index contributed by atoms with van der Waals surface area (Å²) in [4.78, 5) is 43.6. The van der Waals surface area contributed by atoms with Gasteiger partial charge in [0.05, 0.1) is 19.0 Å². The van der Waals surface area contributed by atoms with Crippen molar-refractivity contribution in [3.05, 3.63) is 94.6 Å². The predicted octanol–water partition coefficient (Wildman–Crippen LogP) is 4.20. The number of carbonyl (C=O) groups is 3. The molecule has 2 heterocycles. The number of carbonyl (C=O) groups excluding carboxylic acids is 3. The first kappa shape index (κ1) is 29.2. The molecule has 10 heteroatoms. The van der Waals surface area contributed by atoms with Crippen molar-refractivity contribution in [1.29, 1.82) is 0 Å². The Morgan fingerprint density at radius 2 is 1.57 bits per heavy atom. The molecule has 3 aromatic carbocycles. The summed E-state index contributed by atoms with van der Waals surface area (Å²) in [5.41, 5.74) is 8.73. The highest BCUT2D eigenvalue weighted by Gasteiger charge is 2.23. The van der Waals surface area contributed by atoms with Gasteiger partial charge in [0, 0.05) is 66.5 Å². The van der Waals surface area contributed by atoms with Gasteiger partial charge < -0.3 is 9.64 Å². The standard InChI is InChI=1S/C32H34ClN5O4/c1-22-27(28-20-26(42-2)12-13-29(28)38(22)32(41)23-8-10-24(33)11-9-23)21-31(40)35-34-30(39)14-15-36-16-18-37(19-17-36)25-6-4-3-5-7-25/h3-13,20H,14-19,21H2,1-2H3,(H,34,39)(H,35,40). The maximum absolute atomic E-state index is 13.5. The molecule has 0 radical (unpaired) electrons. The van der Waals surface area contributed by atoms with Gasteiger partial charge in [-0.1, -0.05) is 29.8 Å². The summed E-state index contributed by atoms with van der Waals surface area (Å²) in [7, 11) is 1.56. The van der Waals surface area contributed by atoms with Gasteiger partial charge in [-0.25, -0.2) is 0 Å². The van der Waals surface area contributed by atoms with Gasteiger partial charge in [0.25, 0.3) is 5.91 Å². The molecule has 2 N–H and O–H groups in total. The fraction of sp³-hybridized carbons (Fsp3) is 0.281. The third-order valence-corrected chi connectivity index (χ3v) is 7.92. The zero-order valence-corrected chi connectivity index (χ0v) is 24.5. The number of halogens is 1. The first-order valence-electron chi connectivity index (χ1n) is 13.9. The van der Waals surface area contributed by atoms with Crippen LogP contribution < -0.4 is 20.5 Å². The van der Waals surface area contributed by atoms with Crippen molar-refractivity contribution in [3.63, 3.8) is 0 Å². The Bertz CT molecular complexity index is 1580. The molecule has 9 nitrogen and oxygen atoms in total. The Morgan fingerprint density at radius 1 is 0.881 bits per heavy atom. The maximum Gasteiger partial charge on any atom is 0.262 e. The van der Waals surface area contributed by atoms with E-state index in [1.54, 1.807) is 55.0 Å². The lowest BCUT2D eigenvalue weighted by atomic mass is 10.1. The third kappa shape index (κ3) is 6.58. The van der Waals surface area contributed by atoms with Crippen LogP contribution in [0.25, 0.3) is 10.9 Å². The molecule has 0 unspecified atom stereocenters. The molecule has 1 fully saturated rings. The van der Waals surface area contributed by atoms with Crippen LogP contribution in [0.3, 0.4) is 0 Å². The van der Waals surface area contributed by atoms with Crippen molar-refractivity contribution in [2.45, 2.75) is 19.8 Å². The number of anilines is 1. The van der Waals surface area contributed by atoms with E-state index in [1.165, 1.54) is 5.69 Å². The van der Waals surface area contributed by atoms with Gasteiger partial charge in [-0.3, -0.25) is 34.7 Å². The van der Waals surface area contributed by atoms with Crippen molar-refractivity contribution in [2.75, 3.05) is 44.7 Å². The Balaban J connectivity index is 1.19. The van der Waals surface area contributed by atoms with Crippen molar-refractivity contribution in [3.8, 4) is 5.75 Å². The second-order valence-electron chi connectivity index (χ2n) is 10.3. The molecule has 1 aromatic heterocycles. The van der Waals surface area contributed by atoms with E-state index < -0.39 is 0 Å². The molecule has 1 saturated heterocycles. The van der Waals surface area contributed by atoms with Crippen LogP contribution in [-0.4, -0.2) is 67.0 Å². The minimum atomic E-state index is -0.385. The van der Waals surface area contributed by atoms with Gasteiger partial charge in [-0.2, -0.15) is 0 Å². The van der Waals surface area contributed by atoms with Crippen LogP contribution in [-0.2, 0) is 16.0 Å². The predicted molar refractivity (Wildman–Crippen MR) is 164 cm³/mol. The zero-order chi connectivity index (χ0) is 29.6. The van der Waals surface area contributed by atoms with Crippen LogP contribution >= 0.6 is 11.6 Å². The average Bonchev–Trinajstić information content (AvgIpc) is 3.29. The molecule has 0 spiro atoms. The smallest absolute Gasteiger partial charge is 0.262 e. The van der Waals surface area contributed by atoms with Gasteiger partial charge in [0.2, 0.25) is 11.8 Å². The van der Waals surface area contributed by atoms with Gasteiger partial charge >= 0.3 is 0 Å². The molecule has 2 amide bonds. The lowest BCUT2D eigenvalue weighted by Gasteiger charge is -2.36. The number of para-hydroxylation sites is 1. The van der Waals surface area contributed by atoms with Crippen LogP contribution in [0.15, 0.2) is 72.8 Å². The Morgan fingerprint density at radius 3 is 2.26 bits per heavy atom. The number of hydrogen-bond acceptors (Lipinski definition) is 6. The summed E-state index contributed by atoms with van der Waals surface area (Å²) in [5, 5.41) is 1.26. The van der Waals surface area contributed by atoms with E-state index in [-0.39, 0.29) is 30.6 Å². The Hall–Kier alpha value is -4.34. The molecule has 4 aromatic rings. The number of rotatable bonds is 8. The molecule has 0 saturated carbocycles. The van der Waals surface area contributed by atoms with E-state index in [0.29, 0.717) is 39.7 Å².